The van der Waals surface area contributed by atoms with Crippen LogP contribution in [-0.2, 0) is 8.54 Å². The Morgan fingerprint density at radius 3 is 2.29 bits per heavy atom. The molecule has 0 fully saturated rings. The van der Waals surface area contributed by atoms with Crippen molar-refractivity contribution in [2.24, 2.45) is 0 Å². The molecule has 0 amide bonds. The first-order valence-electron chi connectivity index (χ1n) is 7.53. The molecule has 0 atom stereocenters. The molecule has 0 aliphatic carbocycles. The fourth-order valence-electron chi connectivity index (χ4n) is 2.10. The summed E-state index contributed by atoms with van der Waals surface area (Å²) in [6, 6.07) is 7.50. The van der Waals surface area contributed by atoms with E-state index in [0.717, 1.165) is 13.0 Å². The zero-order valence-corrected chi connectivity index (χ0v) is 16.5. The molecule has 1 aromatic rings. The molecule has 0 saturated carbocycles. The number of para-hydroxylation sites is 1. The molecule has 0 spiro atoms. The lowest BCUT2D eigenvalue weighted by molar-refractivity contribution is 0.225. The van der Waals surface area contributed by atoms with Crippen LogP contribution in [0, 0.1) is 0 Å². The van der Waals surface area contributed by atoms with Crippen LogP contribution in [-0.4, -0.2) is 23.7 Å². The average Bonchev–Trinajstić information content (AvgIpc) is 2.36. The highest BCUT2D eigenvalue weighted by Crippen LogP contribution is 2.27. The number of rotatable bonds is 9. The monoisotopic (exact) mass is 346 g/mol. The van der Waals surface area contributed by atoms with Gasteiger partial charge in [0.15, 0.2) is 0 Å². The van der Waals surface area contributed by atoms with Crippen molar-refractivity contribution in [2.45, 2.75) is 52.4 Å². The van der Waals surface area contributed by atoms with Gasteiger partial charge in [-0.25, -0.2) is 0 Å². The second kappa shape index (κ2) is 8.34. The Hall–Kier alpha value is -0.336. The summed E-state index contributed by atoms with van der Waals surface area (Å²) < 4.78 is 18.2. The van der Waals surface area contributed by atoms with Gasteiger partial charge in [-0.1, -0.05) is 43.5 Å². The highest BCUT2D eigenvalue weighted by atomic mass is 35.5. The van der Waals surface area contributed by atoms with Gasteiger partial charge in [-0.3, -0.25) is 0 Å². The Morgan fingerprint density at radius 2 is 1.67 bits per heavy atom. The molecule has 0 radical (unpaired) electrons. The smallest absolute Gasteiger partial charge is 0.383 e. The third-order valence-electron chi connectivity index (χ3n) is 2.88. The zero-order chi connectivity index (χ0) is 15.9. The number of hydrogen-bond donors (Lipinski definition) is 0. The van der Waals surface area contributed by atoms with E-state index in [4.69, 9.17) is 24.6 Å². The van der Waals surface area contributed by atoms with Gasteiger partial charge in [0.05, 0.1) is 5.02 Å². The molecule has 0 bridgehead atoms. The molecular formula is C15H27ClO3Si2. The molecule has 0 heterocycles. The molecule has 1 rings (SSSR count). The van der Waals surface area contributed by atoms with Gasteiger partial charge in [-0.05, 0) is 44.7 Å². The molecule has 0 unspecified atom stereocenters. The van der Waals surface area contributed by atoms with Crippen molar-refractivity contribution in [3.05, 3.63) is 29.3 Å². The molecule has 0 aliphatic rings. The maximum atomic E-state index is 6.24. The topological polar surface area (TPSA) is 27.7 Å². The summed E-state index contributed by atoms with van der Waals surface area (Å²) in [6.07, 6.45) is 3.48. The van der Waals surface area contributed by atoms with Crippen molar-refractivity contribution < 1.29 is 13.0 Å². The summed E-state index contributed by atoms with van der Waals surface area (Å²) >= 11 is 6.14. The summed E-state index contributed by atoms with van der Waals surface area (Å²) in [5.74, 6) is 0.687. The molecule has 3 nitrogen and oxygen atoms in total. The van der Waals surface area contributed by atoms with E-state index in [2.05, 4.69) is 20.0 Å². The lowest BCUT2D eigenvalue weighted by Gasteiger charge is -2.33. The van der Waals surface area contributed by atoms with Crippen molar-refractivity contribution in [3.8, 4) is 5.75 Å². The number of hydrogen-bond acceptors (Lipinski definition) is 3. The normalized spacial score (nSPS) is 12.5. The molecule has 6 heteroatoms. The first-order chi connectivity index (χ1) is 9.76. The van der Waals surface area contributed by atoms with Crippen LogP contribution in [0.15, 0.2) is 24.3 Å². The Balaban J connectivity index is 2.56. The summed E-state index contributed by atoms with van der Waals surface area (Å²) in [5, 5.41) is 0.616. The van der Waals surface area contributed by atoms with Gasteiger partial charge in [0.2, 0.25) is 0 Å². The van der Waals surface area contributed by atoms with Gasteiger partial charge in [-0.2, -0.15) is 0 Å². The van der Waals surface area contributed by atoms with Crippen molar-refractivity contribution in [3.63, 3.8) is 0 Å². The molecule has 0 aliphatic heterocycles. The maximum absolute atomic E-state index is 6.24. The van der Waals surface area contributed by atoms with Gasteiger partial charge in [-0.15, -0.1) is 0 Å². The van der Waals surface area contributed by atoms with Crippen LogP contribution in [0.2, 0.25) is 31.2 Å². The first kappa shape index (κ1) is 18.7. The minimum atomic E-state index is -2.33. The zero-order valence-electron chi connectivity index (χ0n) is 13.7. The molecule has 0 aromatic heterocycles. The van der Waals surface area contributed by atoms with Crippen LogP contribution >= 0.6 is 11.6 Å². The average molecular weight is 347 g/mol. The van der Waals surface area contributed by atoms with Gasteiger partial charge in [0.1, 0.15) is 5.75 Å². The quantitative estimate of drug-likeness (QED) is 0.446. The van der Waals surface area contributed by atoms with E-state index in [1.807, 2.05) is 37.4 Å². The van der Waals surface area contributed by atoms with E-state index in [1.165, 1.54) is 12.8 Å². The van der Waals surface area contributed by atoms with Crippen molar-refractivity contribution in [1.82, 2.24) is 0 Å². The predicted molar refractivity (Wildman–Crippen MR) is 93.6 cm³/mol. The Labute approximate surface area is 136 Å². The van der Waals surface area contributed by atoms with E-state index in [1.54, 1.807) is 0 Å². The maximum Gasteiger partial charge on any atom is 0.383 e. The third kappa shape index (κ3) is 7.47. The van der Waals surface area contributed by atoms with Gasteiger partial charge in [0, 0.05) is 6.61 Å². The molecule has 120 valence electrons. The molecule has 0 N–H and O–H groups in total. The summed E-state index contributed by atoms with van der Waals surface area (Å²) in [4.78, 5) is 0. The number of benzene rings is 1. The molecule has 0 saturated heterocycles. The highest BCUT2D eigenvalue weighted by molar-refractivity contribution is 6.79. The standard InChI is InChI=1S/C15H27ClO3Si2/c1-6-7-10-13-17-20(2,3)19-21(4,5)18-15-12-9-8-11-14(15)16/h8-9,11-12H,6-7,10,13H2,1-5H3. The highest BCUT2D eigenvalue weighted by Gasteiger charge is 2.38. The summed E-state index contributed by atoms with van der Waals surface area (Å²) in [7, 11) is -4.49. The number of halogens is 1. The van der Waals surface area contributed by atoms with Gasteiger partial charge >= 0.3 is 17.1 Å². The van der Waals surface area contributed by atoms with Crippen LogP contribution in [0.4, 0.5) is 0 Å². The second-order valence-corrected chi connectivity index (χ2v) is 13.3. The predicted octanol–water partition coefficient (Wildman–Crippen LogP) is 5.35. The molecule has 21 heavy (non-hydrogen) atoms. The SMILES string of the molecule is CCCCCO[Si](C)(C)O[Si](C)(C)Oc1ccccc1Cl. The fourth-order valence-corrected chi connectivity index (χ4v) is 8.82. The van der Waals surface area contributed by atoms with E-state index < -0.39 is 17.1 Å². The Morgan fingerprint density at radius 1 is 1.00 bits per heavy atom. The van der Waals surface area contributed by atoms with Crippen LogP contribution < -0.4 is 4.43 Å². The Bertz CT molecular complexity index is 439. The fraction of sp³-hybridized carbons (Fsp3) is 0.600. The van der Waals surface area contributed by atoms with Crippen molar-refractivity contribution in [2.75, 3.05) is 6.61 Å². The lowest BCUT2D eigenvalue weighted by Crippen LogP contribution is -2.50. The van der Waals surface area contributed by atoms with Crippen LogP contribution in [0.5, 0.6) is 5.75 Å². The number of unbranched alkanes of at least 4 members (excludes halogenated alkanes) is 2. The molecule has 1 aromatic carbocycles. The largest absolute Gasteiger partial charge is 0.520 e. The van der Waals surface area contributed by atoms with Crippen LogP contribution in [0.25, 0.3) is 0 Å². The van der Waals surface area contributed by atoms with Crippen molar-refractivity contribution in [1.29, 1.82) is 0 Å². The van der Waals surface area contributed by atoms with Crippen LogP contribution in [0.3, 0.4) is 0 Å². The Kier molecular flexibility index (Phi) is 7.43. The summed E-state index contributed by atoms with van der Waals surface area (Å²) in [6.45, 7) is 11.2. The minimum Gasteiger partial charge on any atom is -0.520 e. The first-order valence-corrected chi connectivity index (χ1v) is 13.5. The van der Waals surface area contributed by atoms with Crippen LogP contribution in [0.1, 0.15) is 26.2 Å². The third-order valence-corrected chi connectivity index (χ3v) is 8.74. The van der Waals surface area contributed by atoms with Crippen molar-refractivity contribution >= 4 is 28.7 Å². The van der Waals surface area contributed by atoms with E-state index in [9.17, 15) is 0 Å². The van der Waals surface area contributed by atoms with E-state index in [-0.39, 0.29) is 0 Å². The molecular weight excluding hydrogens is 320 g/mol. The second-order valence-electron chi connectivity index (χ2n) is 5.99. The van der Waals surface area contributed by atoms with Gasteiger partial charge < -0.3 is 13.0 Å². The lowest BCUT2D eigenvalue weighted by atomic mass is 10.3. The summed E-state index contributed by atoms with van der Waals surface area (Å²) in [5.41, 5.74) is 0. The minimum absolute atomic E-state index is 0.616. The van der Waals surface area contributed by atoms with E-state index in [0.29, 0.717) is 10.8 Å². The van der Waals surface area contributed by atoms with E-state index >= 15 is 0 Å². The van der Waals surface area contributed by atoms with Gasteiger partial charge in [0.25, 0.3) is 0 Å².